The Kier molecular flexibility index (Phi) is 4.70. The third kappa shape index (κ3) is 3.42. The summed E-state index contributed by atoms with van der Waals surface area (Å²) >= 11 is 2.68. The second-order valence-electron chi connectivity index (χ2n) is 6.50. The van der Waals surface area contributed by atoms with Crippen molar-refractivity contribution >= 4 is 22.7 Å². The maximum Gasteiger partial charge on any atom is 0.205 e. The standard InChI is InChI=1S/C22H16N6S2/c23-21-27(17-7-3-1-4-8-17)25-19(29-21)15-11-13-16(14-12-15)20-26-28(22(24)30-20)18-9-5-2-6-10-18/h1-14,23-24H. The van der Waals surface area contributed by atoms with E-state index in [-0.39, 0.29) is 0 Å². The lowest BCUT2D eigenvalue weighted by molar-refractivity contribution is 0.824. The Morgan fingerprint density at radius 3 is 1.27 bits per heavy atom. The number of hydrogen-bond donors (Lipinski definition) is 2. The largest absolute Gasteiger partial charge is 0.273 e. The lowest BCUT2D eigenvalue weighted by Crippen LogP contribution is -2.11. The van der Waals surface area contributed by atoms with E-state index in [4.69, 9.17) is 10.8 Å². The van der Waals surface area contributed by atoms with Crippen molar-refractivity contribution in [3.63, 3.8) is 0 Å². The fourth-order valence-corrected chi connectivity index (χ4v) is 4.64. The Morgan fingerprint density at radius 1 is 0.533 bits per heavy atom. The molecule has 2 aromatic heterocycles. The van der Waals surface area contributed by atoms with Crippen molar-refractivity contribution in [3.8, 4) is 32.5 Å². The summed E-state index contributed by atoms with van der Waals surface area (Å²) in [5, 5.41) is 27.3. The van der Waals surface area contributed by atoms with E-state index in [9.17, 15) is 0 Å². The molecule has 0 aliphatic carbocycles. The van der Waals surface area contributed by atoms with E-state index < -0.39 is 0 Å². The van der Waals surface area contributed by atoms with E-state index >= 15 is 0 Å². The van der Waals surface area contributed by atoms with Crippen LogP contribution in [0, 0.1) is 10.8 Å². The number of para-hydroxylation sites is 2. The highest BCUT2D eigenvalue weighted by Crippen LogP contribution is 2.26. The van der Waals surface area contributed by atoms with Crippen molar-refractivity contribution in [2.45, 2.75) is 0 Å². The second kappa shape index (κ2) is 7.66. The van der Waals surface area contributed by atoms with Gasteiger partial charge >= 0.3 is 0 Å². The lowest BCUT2D eigenvalue weighted by atomic mass is 10.1. The molecule has 30 heavy (non-hydrogen) atoms. The van der Waals surface area contributed by atoms with Gasteiger partial charge in [0, 0.05) is 11.1 Å². The minimum absolute atomic E-state index is 0.378. The van der Waals surface area contributed by atoms with Crippen LogP contribution in [-0.4, -0.2) is 19.6 Å². The highest BCUT2D eigenvalue weighted by Gasteiger charge is 2.11. The number of hydrogen-bond acceptors (Lipinski definition) is 6. The molecule has 0 radical (unpaired) electrons. The predicted octanol–water partition coefficient (Wildman–Crippen LogP) is 4.47. The predicted molar refractivity (Wildman–Crippen MR) is 119 cm³/mol. The summed E-state index contributed by atoms with van der Waals surface area (Å²) in [5.41, 5.74) is 3.65. The summed E-state index contributed by atoms with van der Waals surface area (Å²) in [6.45, 7) is 0. The van der Waals surface area contributed by atoms with Gasteiger partial charge in [0.05, 0.1) is 11.4 Å². The molecule has 8 heteroatoms. The molecule has 0 unspecified atom stereocenters. The van der Waals surface area contributed by atoms with Crippen LogP contribution >= 0.6 is 22.7 Å². The van der Waals surface area contributed by atoms with Gasteiger partial charge in [0.15, 0.2) is 0 Å². The first kappa shape index (κ1) is 18.4. The quantitative estimate of drug-likeness (QED) is 0.443. The molecule has 0 amide bonds. The summed E-state index contributed by atoms with van der Waals surface area (Å²) in [6, 6.07) is 27.3. The molecule has 2 heterocycles. The molecule has 0 atom stereocenters. The van der Waals surface area contributed by atoms with Crippen molar-refractivity contribution in [3.05, 3.63) is 94.5 Å². The molecule has 3 aromatic carbocycles. The molecule has 0 aliphatic rings. The summed E-state index contributed by atoms with van der Waals surface area (Å²) in [4.78, 5) is 0.755. The maximum atomic E-state index is 8.25. The first-order valence-corrected chi connectivity index (χ1v) is 10.8. The van der Waals surface area contributed by atoms with Gasteiger partial charge in [0.25, 0.3) is 0 Å². The van der Waals surface area contributed by atoms with Crippen LogP contribution in [0.5, 0.6) is 0 Å². The molecule has 0 fully saturated rings. The number of nitrogens with zero attached hydrogens (tertiary/aromatic N) is 4. The highest BCUT2D eigenvalue weighted by atomic mass is 32.1. The van der Waals surface area contributed by atoms with E-state index in [0.29, 0.717) is 9.60 Å². The first-order valence-electron chi connectivity index (χ1n) is 9.20. The van der Waals surface area contributed by atoms with Crippen molar-refractivity contribution in [2.75, 3.05) is 0 Å². The molecule has 0 bridgehead atoms. The van der Waals surface area contributed by atoms with Crippen LogP contribution in [0.3, 0.4) is 0 Å². The topological polar surface area (TPSA) is 83.3 Å². The Bertz CT molecular complexity index is 1300. The van der Waals surface area contributed by atoms with E-state index in [1.54, 1.807) is 9.36 Å². The van der Waals surface area contributed by atoms with Gasteiger partial charge in [0.1, 0.15) is 10.0 Å². The van der Waals surface area contributed by atoms with Crippen molar-refractivity contribution in [1.82, 2.24) is 19.6 Å². The van der Waals surface area contributed by atoms with Crippen molar-refractivity contribution in [2.24, 2.45) is 0 Å². The molecule has 2 N–H and O–H groups in total. The van der Waals surface area contributed by atoms with Crippen LogP contribution in [-0.2, 0) is 0 Å². The van der Waals surface area contributed by atoms with Gasteiger partial charge in [-0.15, -0.1) is 0 Å². The normalized spacial score (nSPS) is 10.9. The Hall–Kier alpha value is -3.62. The molecule has 146 valence electrons. The third-order valence-corrected chi connectivity index (χ3v) is 6.29. The zero-order chi connectivity index (χ0) is 20.5. The summed E-state index contributed by atoms with van der Waals surface area (Å²) < 4.78 is 3.29. The molecular formula is C22H16N6S2. The molecule has 6 nitrogen and oxygen atoms in total. The maximum absolute atomic E-state index is 8.25. The van der Waals surface area contributed by atoms with Crippen molar-refractivity contribution < 1.29 is 0 Å². The molecule has 0 saturated heterocycles. The highest BCUT2D eigenvalue weighted by molar-refractivity contribution is 7.12. The van der Waals surface area contributed by atoms with Gasteiger partial charge in [0.2, 0.25) is 9.60 Å². The van der Waals surface area contributed by atoms with Crippen LogP contribution in [0.4, 0.5) is 0 Å². The summed E-state index contributed by atoms with van der Waals surface area (Å²) in [7, 11) is 0. The molecule has 0 saturated carbocycles. The third-order valence-electron chi connectivity index (χ3n) is 4.53. The lowest BCUT2D eigenvalue weighted by Gasteiger charge is -2.01. The van der Waals surface area contributed by atoms with Crippen LogP contribution < -0.4 is 9.60 Å². The van der Waals surface area contributed by atoms with E-state index in [1.165, 1.54) is 22.7 Å². The van der Waals surface area contributed by atoms with Gasteiger partial charge in [-0.05, 0) is 24.3 Å². The van der Waals surface area contributed by atoms with Crippen LogP contribution in [0.25, 0.3) is 32.5 Å². The fourth-order valence-electron chi connectivity index (χ4n) is 3.06. The SMILES string of the molecule is N=c1sc(-c2ccc(-c3nn(-c4ccccc4)c(=N)s3)cc2)nn1-c1ccccc1. The van der Waals surface area contributed by atoms with Crippen LogP contribution in [0.1, 0.15) is 0 Å². The Morgan fingerprint density at radius 2 is 0.900 bits per heavy atom. The zero-order valence-corrected chi connectivity index (χ0v) is 17.3. The number of benzene rings is 3. The Labute approximate surface area is 180 Å². The molecule has 0 aliphatic heterocycles. The molecule has 0 spiro atoms. The van der Waals surface area contributed by atoms with Gasteiger partial charge in [-0.3, -0.25) is 10.8 Å². The minimum Gasteiger partial charge on any atom is -0.273 e. The van der Waals surface area contributed by atoms with Crippen LogP contribution in [0.15, 0.2) is 84.9 Å². The number of rotatable bonds is 4. The van der Waals surface area contributed by atoms with Gasteiger partial charge in [-0.1, -0.05) is 83.3 Å². The monoisotopic (exact) mass is 428 g/mol. The number of nitrogens with one attached hydrogen (secondary N) is 2. The molecular weight excluding hydrogens is 412 g/mol. The zero-order valence-electron chi connectivity index (χ0n) is 15.7. The molecule has 5 aromatic rings. The number of aromatic nitrogens is 4. The van der Waals surface area contributed by atoms with Gasteiger partial charge in [-0.25, -0.2) is 9.36 Å². The first-order chi connectivity index (χ1) is 14.7. The van der Waals surface area contributed by atoms with E-state index in [0.717, 1.165) is 32.5 Å². The van der Waals surface area contributed by atoms with Gasteiger partial charge < -0.3 is 0 Å². The molecule has 5 rings (SSSR count). The smallest absolute Gasteiger partial charge is 0.205 e. The average Bonchev–Trinajstić information content (AvgIpc) is 3.38. The van der Waals surface area contributed by atoms with Crippen LogP contribution in [0.2, 0.25) is 0 Å². The van der Waals surface area contributed by atoms with E-state index in [2.05, 4.69) is 10.2 Å². The summed E-state index contributed by atoms with van der Waals surface area (Å²) in [6.07, 6.45) is 0. The second-order valence-corrected chi connectivity index (χ2v) is 8.45. The van der Waals surface area contributed by atoms with Gasteiger partial charge in [-0.2, -0.15) is 10.2 Å². The van der Waals surface area contributed by atoms with E-state index in [1.807, 2.05) is 84.9 Å². The fraction of sp³-hybridized carbons (Fsp3) is 0. The average molecular weight is 429 g/mol. The van der Waals surface area contributed by atoms with Crippen molar-refractivity contribution in [1.29, 1.82) is 10.8 Å². The summed E-state index contributed by atoms with van der Waals surface area (Å²) in [5.74, 6) is 0. The Balaban J connectivity index is 1.46. The minimum atomic E-state index is 0.378.